The fraction of sp³-hybridized carbons (Fsp3) is 1.00. The minimum Gasteiger partial charge on any atom is -0.379 e. The van der Waals surface area contributed by atoms with E-state index in [2.05, 4.69) is 31.9 Å². The summed E-state index contributed by atoms with van der Waals surface area (Å²) in [5.41, 5.74) is 0. The third-order valence-corrected chi connectivity index (χ3v) is 6.98. The molecule has 1 aliphatic rings. The highest BCUT2D eigenvalue weighted by molar-refractivity contribution is 9.09. The third-order valence-electron chi connectivity index (χ3n) is 2.16. The van der Waals surface area contributed by atoms with Crippen LogP contribution in [0, 0.1) is 0 Å². The fourth-order valence-electron chi connectivity index (χ4n) is 1.28. The molecule has 1 saturated heterocycles. The van der Waals surface area contributed by atoms with Gasteiger partial charge in [0.2, 0.25) is 0 Å². The summed E-state index contributed by atoms with van der Waals surface area (Å²) in [7, 11) is -3.03. The molecule has 0 unspecified atom stereocenters. The maximum atomic E-state index is 11.8. The van der Waals surface area contributed by atoms with Crippen molar-refractivity contribution in [1.82, 2.24) is 0 Å². The Balaban J connectivity index is 2.88. The molecule has 1 fully saturated rings. The summed E-state index contributed by atoms with van der Waals surface area (Å²) in [6.07, 6.45) is 0. The molecule has 0 bridgehead atoms. The van der Waals surface area contributed by atoms with Gasteiger partial charge < -0.3 is 4.74 Å². The fourth-order valence-corrected chi connectivity index (χ4v) is 5.39. The van der Waals surface area contributed by atoms with Gasteiger partial charge in [0.15, 0.2) is 9.84 Å². The molecule has 0 aliphatic carbocycles. The molecule has 0 radical (unpaired) electrons. The van der Waals surface area contributed by atoms with Crippen LogP contribution >= 0.6 is 31.9 Å². The van der Waals surface area contributed by atoms with E-state index in [-0.39, 0.29) is 4.83 Å². The predicted molar refractivity (Wildman–Crippen MR) is 59.5 cm³/mol. The van der Waals surface area contributed by atoms with Crippen LogP contribution < -0.4 is 0 Å². The van der Waals surface area contributed by atoms with Gasteiger partial charge in [0, 0.05) is 10.2 Å². The van der Waals surface area contributed by atoms with Crippen molar-refractivity contribution < 1.29 is 13.2 Å². The second-order valence-electron chi connectivity index (χ2n) is 3.12. The molecule has 3 nitrogen and oxygen atoms in total. The van der Waals surface area contributed by atoms with E-state index in [1.54, 1.807) is 0 Å². The summed E-state index contributed by atoms with van der Waals surface area (Å²) in [5, 5.41) is -0.360. The number of rotatable bonds is 2. The van der Waals surface area contributed by atoms with Crippen LogP contribution in [-0.2, 0) is 14.6 Å². The zero-order valence-corrected chi connectivity index (χ0v) is 11.2. The first-order valence-electron chi connectivity index (χ1n) is 4.00. The second kappa shape index (κ2) is 4.59. The molecule has 0 saturated carbocycles. The predicted octanol–water partition coefficient (Wildman–Crippen LogP) is 1.35. The van der Waals surface area contributed by atoms with Crippen molar-refractivity contribution in [1.29, 1.82) is 0 Å². The molecule has 1 aliphatic heterocycles. The van der Waals surface area contributed by atoms with Gasteiger partial charge in [-0.15, -0.1) is 0 Å². The molecule has 0 aromatic carbocycles. The van der Waals surface area contributed by atoms with E-state index in [0.717, 1.165) is 0 Å². The number of hydrogen-bond donors (Lipinski definition) is 0. The molecule has 6 heteroatoms. The van der Waals surface area contributed by atoms with Gasteiger partial charge in [-0.05, 0) is 0 Å². The average Bonchev–Trinajstić information content (AvgIpc) is 2.02. The van der Waals surface area contributed by atoms with Crippen LogP contribution in [0.3, 0.4) is 0 Å². The summed E-state index contributed by atoms with van der Waals surface area (Å²) >= 11 is 6.48. The van der Waals surface area contributed by atoms with Gasteiger partial charge in [-0.3, -0.25) is 0 Å². The topological polar surface area (TPSA) is 43.4 Å². The van der Waals surface area contributed by atoms with Crippen molar-refractivity contribution in [3.05, 3.63) is 0 Å². The maximum absolute atomic E-state index is 11.8. The SMILES string of the molecule is C[C@H](Br)[C@H]1COC[C@@H](CBr)S1(=O)=O. The first-order valence-corrected chi connectivity index (χ1v) is 7.65. The highest BCUT2D eigenvalue weighted by Gasteiger charge is 2.39. The lowest BCUT2D eigenvalue weighted by Crippen LogP contribution is -2.47. The molecule has 1 heterocycles. The van der Waals surface area contributed by atoms with Gasteiger partial charge in [-0.2, -0.15) is 0 Å². The van der Waals surface area contributed by atoms with Crippen LogP contribution in [0.2, 0.25) is 0 Å². The molecule has 0 N–H and O–H groups in total. The Kier molecular flexibility index (Phi) is 4.22. The molecule has 78 valence electrons. The summed E-state index contributed by atoms with van der Waals surface area (Å²) in [6.45, 7) is 2.45. The zero-order valence-electron chi connectivity index (χ0n) is 7.24. The normalized spacial score (nSPS) is 35.6. The van der Waals surface area contributed by atoms with Crippen molar-refractivity contribution in [3.63, 3.8) is 0 Å². The number of alkyl halides is 2. The summed E-state index contributed by atoms with van der Waals surface area (Å²) in [4.78, 5) is -0.0562. The lowest BCUT2D eigenvalue weighted by Gasteiger charge is -2.30. The van der Waals surface area contributed by atoms with Crippen LogP contribution in [0.15, 0.2) is 0 Å². The van der Waals surface area contributed by atoms with Gasteiger partial charge in [0.1, 0.15) is 0 Å². The second-order valence-corrected chi connectivity index (χ2v) is 7.66. The van der Waals surface area contributed by atoms with Gasteiger partial charge in [-0.25, -0.2) is 8.42 Å². The third kappa shape index (κ3) is 2.46. The lowest BCUT2D eigenvalue weighted by atomic mass is 10.3. The van der Waals surface area contributed by atoms with E-state index >= 15 is 0 Å². The molecule has 0 spiro atoms. The Hall–Kier alpha value is 0.870. The maximum Gasteiger partial charge on any atom is 0.162 e. The van der Waals surface area contributed by atoms with Gasteiger partial charge in [0.25, 0.3) is 0 Å². The Bertz CT molecular complexity index is 263. The molecule has 0 aromatic heterocycles. The molecule has 1 rings (SSSR count). The molecule has 3 atom stereocenters. The molecule has 0 aromatic rings. The van der Waals surface area contributed by atoms with Crippen LogP contribution in [-0.4, -0.2) is 42.3 Å². The van der Waals surface area contributed by atoms with Crippen molar-refractivity contribution in [3.8, 4) is 0 Å². The Labute approximate surface area is 95.4 Å². The van der Waals surface area contributed by atoms with E-state index in [9.17, 15) is 8.42 Å². The van der Waals surface area contributed by atoms with E-state index in [1.165, 1.54) is 0 Å². The highest BCUT2D eigenvalue weighted by atomic mass is 79.9. The zero-order chi connectivity index (χ0) is 10.1. The van der Waals surface area contributed by atoms with E-state index in [1.807, 2.05) is 6.92 Å². The molecular weight excluding hydrogens is 324 g/mol. The average molecular weight is 336 g/mol. The van der Waals surface area contributed by atoms with E-state index in [0.29, 0.717) is 18.5 Å². The van der Waals surface area contributed by atoms with Crippen molar-refractivity contribution in [2.24, 2.45) is 0 Å². The summed E-state index contributed by atoms with van der Waals surface area (Å²) in [6, 6.07) is 0. The number of hydrogen-bond acceptors (Lipinski definition) is 3. The largest absolute Gasteiger partial charge is 0.379 e. The Morgan fingerprint density at radius 1 is 1.54 bits per heavy atom. The van der Waals surface area contributed by atoms with Gasteiger partial charge in [0.05, 0.1) is 23.7 Å². The van der Waals surface area contributed by atoms with Gasteiger partial charge in [-0.1, -0.05) is 38.8 Å². The van der Waals surface area contributed by atoms with Crippen LogP contribution in [0.25, 0.3) is 0 Å². The monoisotopic (exact) mass is 334 g/mol. The summed E-state index contributed by atoms with van der Waals surface area (Å²) < 4.78 is 28.9. The number of ether oxygens (including phenoxy) is 1. The van der Waals surface area contributed by atoms with Gasteiger partial charge >= 0.3 is 0 Å². The van der Waals surface area contributed by atoms with Crippen molar-refractivity contribution in [2.75, 3.05) is 18.5 Å². The number of sulfone groups is 1. The lowest BCUT2D eigenvalue weighted by molar-refractivity contribution is 0.124. The quantitative estimate of drug-likeness (QED) is 0.715. The smallest absolute Gasteiger partial charge is 0.162 e. The summed E-state index contributed by atoms with van der Waals surface area (Å²) in [5.74, 6) is 0. The molecular formula is C7H12Br2O3S. The van der Waals surface area contributed by atoms with E-state index < -0.39 is 20.3 Å². The first-order chi connectivity index (χ1) is 6.00. The van der Waals surface area contributed by atoms with Crippen LogP contribution in [0.5, 0.6) is 0 Å². The minimum absolute atomic E-state index is 0.0562. The van der Waals surface area contributed by atoms with Crippen molar-refractivity contribution in [2.45, 2.75) is 22.3 Å². The van der Waals surface area contributed by atoms with Crippen LogP contribution in [0.4, 0.5) is 0 Å². The minimum atomic E-state index is -3.03. The highest BCUT2D eigenvalue weighted by Crippen LogP contribution is 2.24. The Morgan fingerprint density at radius 2 is 2.15 bits per heavy atom. The molecule has 13 heavy (non-hydrogen) atoms. The molecule has 0 amide bonds. The Morgan fingerprint density at radius 3 is 2.62 bits per heavy atom. The van der Waals surface area contributed by atoms with Crippen molar-refractivity contribution >= 4 is 41.7 Å². The standard InChI is InChI=1S/C7H12Br2O3S/c1-5(9)7-4-12-3-6(2-8)13(7,10)11/h5-7H,2-4H2,1H3/t5-,6+,7+/m0/s1. The number of halogens is 2. The van der Waals surface area contributed by atoms with Crippen LogP contribution in [0.1, 0.15) is 6.92 Å². The van der Waals surface area contributed by atoms with E-state index in [4.69, 9.17) is 4.74 Å². The first kappa shape index (κ1) is 11.9.